The predicted octanol–water partition coefficient (Wildman–Crippen LogP) is 6.93. The third-order valence-electron chi connectivity index (χ3n) is 11.0. The highest BCUT2D eigenvalue weighted by Crippen LogP contribution is 2.36. The Balaban J connectivity index is 1.09. The van der Waals surface area contributed by atoms with Crippen molar-refractivity contribution in [2.45, 2.75) is 76.1 Å². The van der Waals surface area contributed by atoms with Crippen molar-refractivity contribution in [3.63, 3.8) is 0 Å². The monoisotopic (exact) mass is 717 g/mol. The van der Waals surface area contributed by atoms with E-state index < -0.39 is 34.9 Å². The van der Waals surface area contributed by atoms with Gasteiger partial charge in [-0.15, -0.1) is 0 Å². The second-order valence-corrected chi connectivity index (χ2v) is 14.8. The lowest BCUT2D eigenvalue weighted by atomic mass is 9.83. The molecule has 0 aliphatic carbocycles. The van der Waals surface area contributed by atoms with Crippen LogP contribution in [0.1, 0.15) is 61.6 Å². The second kappa shape index (κ2) is 15.8. The summed E-state index contributed by atoms with van der Waals surface area (Å²) in [4.78, 5) is 48.0. The van der Waals surface area contributed by atoms with Gasteiger partial charge in [-0.2, -0.15) is 13.2 Å². The zero-order valence-electron chi connectivity index (χ0n) is 28.6. The van der Waals surface area contributed by atoms with E-state index in [2.05, 4.69) is 17.3 Å². The smallest absolute Gasteiger partial charge is 0.417 e. The lowest BCUT2D eigenvalue weighted by Crippen LogP contribution is -2.51. The van der Waals surface area contributed by atoms with Crippen molar-refractivity contribution in [1.82, 2.24) is 19.6 Å². The molecule has 0 aromatic heterocycles. The van der Waals surface area contributed by atoms with Crippen LogP contribution in [0.2, 0.25) is 5.02 Å². The molecule has 2 aromatic rings. The van der Waals surface area contributed by atoms with Gasteiger partial charge in [-0.05, 0) is 113 Å². The molecule has 9 nitrogen and oxygen atoms in total. The number of likely N-dealkylation sites (tertiary alicyclic amines) is 3. The van der Waals surface area contributed by atoms with Crippen molar-refractivity contribution in [2.24, 2.45) is 11.8 Å². The zero-order valence-corrected chi connectivity index (χ0v) is 29.4. The number of nitrogens with one attached hydrogen (secondary N) is 1. The minimum absolute atomic E-state index is 0.0727. The number of fused-ring (bicyclic) bond motifs is 1. The van der Waals surface area contributed by atoms with E-state index in [0.717, 1.165) is 56.1 Å². The molecule has 6 rings (SSSR count). The Morgan fingerprint density at radius 1 is 0.900 bits per heavy atom. The number of amides is 4. The van der Waals surface area contributed by atoms with E-state index in [9.17, 15) is 27.6 Å². The van der Waals surface area contributed by atoms with Gasteiger partial charge < -0.3 is 29.7 Å². The average molecular weight is 718 g/mol. The number of urea groups is 1. The molecule has 1 N–H and O–H groups in total. The fraction of sp³-hybridized carbons (Fsp3) is 0.595. The summed E-state index contributed by atoms with van der Waals surface area (Å²) in [5.74, 6) is 0.810. The van der Waals surface area contributed by atoms with Crippen LogP contribution in [0.25, 0.3) is 0 Å². The summed E-state index contributed by atoms with van der Waals surface area (Å²) in [7, 11) is 2.15. The summed E-state index contributed by atoms with van der Waals surface area (Å²) < 4.78 is 46.9. The lowest BCUT2D eigenvalue weighted by Gasteiger charge is -2.38. The van der Waals surface area contributed by atoms with Crippen LogP contribution in [0.3, 0.4) is 0 Å². The standard InChI is InChI=1S/C37H47ClF3N5O4/c1-43-15-8-25(9-16-43)22-26-10-17-44(18-11-26)34(47)33(24-27-6-7-31(38)30(23-27)37(39,40)41)50-36(49)45-19-13-29(14-20-45)46-21-12-28-4-2-3-5-32(28)42-35(46)48/h2-7,23,25-26,29,33H,8-22,24H2,1H3,(H,42,48)/t33-/m1/s1. The van der Waals surface area contributed by atoms with Gasteiger partial charge in [-0.25, -0.2) is 9.59 Å². The average Bonchev–Trinajstić information content (AvgIpc) is 3.27. The molecule has 0 bridgehead atoms. The molecule has 0 saturated carbocycles. The van der Waals surface area contributed by atoms with Gasteiger partial charge in [-0.3, -0.25) is 4.79 Å². The maximum absolute atomic E-state index is 13.9. The number of carbonyl (C=O) groups is 3. The highest BCUT2D eigenvalue weighted by atomic mass is 35.5. The summed E-state index contributed by atoms with van der Waals surface area (Å²) in [6.45, 7) is 4.46. The molecule has 0 unspecified atom stereocenters. The van der Waals surface area contributed by atoms with Crippen molar-refractivity contribution in [3.8, 4) is 0 Å². The number of ether oxygens (including phenoxy) is 1. The largest absolute Gasteiger partial charge is 0.436 e. The molecular formula is C37H47ClF3N5O4. The van der Waals surface area contributed by atoms with Crippen molar-refractivity contribution in [3.05, 3.63) is 64.2 Å². The van der Waals surface area contributed by atoms with Gasteiger partial charge in [0.05, 0.1) is 10.6 Å². The van der Waals surface area contributed by atoms with Gasteiger partial charge in [0.2, 0.25) is 0 Å². The Kier molecular flexibility index (Phi) is 11.5. The molecule has 272 valence electrons. The minimum atomic E-state index is -4.67. The molecule has 4 aliphatic heterocycles. The zero-order chi connectivity index (χ0) is 35.4. The molecule has 3 fully saturated rings. The van der Waals surface area contributed by atoms with Gasteiger partial charge in [0, 0.05) is 50.9 Å². The minimum Gasteiger partial charge on any atom is -0.436 e. The molecule has 4 amide bonds. The van der Waals surface area contributed by atoms with E-state index in [1.165, 1.54) is 29.9 Å². The van der Waals surface area contributed by atoms with Gasteiger partial charge in [-0.1, -0.05) is 35.9 Å². The molecule has 4 heterocycles. The number of hydrogen-bond donors (Lipinski definition) is 1. The summed E-state index contributed by atoms with van der Waals surface area (Å²) >= 11 is 5.87. The molecular weight excluding hydrogens is 671 g/mol. The summed E-state index contributed by atoms with van der Waals surface area (Å²) in [5.41, 5.74) is 1.09. The van der Waals surface area contributed by atoms with Crippen molar-refractivity contribution >= 4 is 35.3 Å². The molecule has 0 radical (unpaired) electrons. The quantitative estimate of drug-likeness (QED) is 0.336. The van der Waals surface area contributed by atoms with Crippen LogP contribution in [0.15, 0.2) is 42.5 Å². The van der Waals surface area contributed by atoms with Crippen molar-refractivity contribution in [2.75, 3.05) is 58.2 Å². The number of halogens is 4. The van der Waals surface area contributed by atoms with E-state index in [-0.39, 0.29) is 24.1 Å². The van der Waals surface area contributed by atoms with Crippen LogP contribution < -0.4 is 5.32 Å². The predicted molar refractivity (Wildman–Crippen MR) is 185 cm³/mol. The van der Waals surface area contributed by atoms with Crippen LogP contribution in [-0.4, -0.2) is 103 Å². The normalized spacial score (nSPS) is 21.0. The maximum atomic E-state index is 13.9. The third-order valence-corrected chi connectivity index (χ3v) is 11.3. The van der Waals surface area contributed by atoms with E-state index in [0.29, 0.717) is 57.4 Å². The van der Waals surface area contributed by atoms with E-state index in [1.54, 1.807) is 4.90 Å². The first-order chi connectivity index (χ1) is 23.9. The highest BCUT2D eigenvalue weighted by Gasteiger charge is 2.37. The van der Waals surface area contributed by atoms with Gasteiger partial charge >= 0.3 is 18.3 Å². The van der Waals surface area contributed by atoms with Crippen LogP contribution in [-0.2, 0) is 28.5 Å². The molecule has 4 aliphatic rings. The number of hydrogen-bond acceptors (Lipinski definition) is 5. The van der Waals surface area contributed by atoms with Gasteiger partial charge in [0.1, 0.15) is 0 Å². The number of alkyl halides is 3. The topological polar surface area (TPSA) is 85.4 Å². The fourth-order valence-corrected chi connectivity index (χ4v) is 8.19. The maximum Gasteiger partial charge on any atom is 0.417 e. The molecule has 2 aromatic carbocycles. The van der Waals surface area contributed by atoms with Crippen LogP contribution in [0.5, 0.6) is 0 Å². The second-order valence-electron chi connectivity index (χ2n) is 14.4. The van der Waals surface area contributed by atoms with Gasteiger partial charge in [0.15, 0.2) is 6.10 Å². The number of benzene rings is 2. The first kappa shape index (κ1) is 36.3. The summed E-state index contributed by atoms with van der Waals surface area (Å²) in [5, 5.41) is 2.56. The van der Waals surface area contributed by atoms with Crippen LogP contribution >= 0.6 is 11.6 Å². The number of nitrogens with zero attached hydrogens (tertiary/aromatic N) is 4. The fourth-order valence-electron chi connectivity index (χ4n) is 7.97. The highest BCUT2D eigenvalue weighted by molar-refractivity contribution is 6.31. The van der Waals surface area contributed by atoms with Crippen molar-refractivity contribution in [1.29, 1.82) is 0 Å². The van der Waals surface area contributed by atoms with E-state index in [1.807, 2.05) is 29.2 Å². The molecule has 50 heavy (non-hydrogen) atoms. The molecule has 3 saturated heterocycles. The van der Waals surface area contributed by atoms with E-state index in [4.69, 9.17) is 16.3 Å². The number of carbonyl (C=O) groups excluding carboxylic acids is 3. The Morgan fingerprint density at radius 2 is 1.54 bits per heavy atom. The first-order valence-corrected chi connectivity index (χ1v) is 18.3. The van der Waals surface area contributed by atoms with Gasteiger partial charge in [0.25, 0.3) is 5.91 Å². The molecule has 0 spiro atoms. The molecule has 13 heteroatoms. The SMILES string of the molecule is CN1CCC(CC2CCN(C(=O)[C@@H](Cc3ccc(Cl)c(C(F)(F)F)c3)OC(=O)N3CCC(N4CCc5ccccc5NC4=O)CC3)CC2)CC1. The number of anilines is 1. The Labute approximate surface area is 297 Å². The summed E-state index contributed by atoms with van der Waals surface area (Å²) in [6.07, 6.45) is 0.153. The first-order valence-electron chi connectivity index (χ1n) is 17.9. The Bertz CT molecular complexity index is 1520. The number of para-hydroxylation sites is 1. The number of rotatable bonds is 7. The number of piperidine rings is 3. The molecule has 1 atom stereocenters. The Morgan fingerprint density at radius 3 is 2.22 bits per heavy atom. The summed E-state index contributed by atoms with van der Waals surface area (Å²) in [6, 6.07) is 11.0. The lowest BCUT2D eigenvalue weighted by molar-refractivity contribution is -0.142. The van der Waals surface area contributed by atoms with Crippen LogP contribution in [0, 0.1) is 11.8 Å². The van der Waals surface area contributed by atoms with E-state index >= 15 is 0 Å². The Hall–Kier alpha value is -3.51. The van der Waals surface area contributed by atoms with Crippen LogP contribution in [0.4, 0.5) is 28.4 Å². The third kappa shape index (κ3) is 8.85. The van der Waals surface area contributed by atoms with Crippen molar-refractivity contribution < 1.29 is 32.3 Å².